The zero-order chi connectivity index (χ0) is 13.1. The Kier molecular flexibility index (Phi) is 4.43. The molecular weight excluding hydrogens is 308 g/mol. The first-order valence-electron chi connectivity index (χ1n) is 5.86. The maximum atomic E-state index is 5.85. The van der Waals surface area contributed by atoms with E-state index in [0.29, 0.717) is 0 Å². The largest absolute Gasteiger partial charge is 0.369 e. The number of nitrogens with zero attached hydrogens (tertiary/aromatic N) is 1. The van der Waals surface area contributed by atoms with E-state index in [1.54, 1.807) is 11.3 Å². The molecule has 1 atom stereocenters. The van der Waals surface area contributed by atoms with Crippen molar-refractivity contribution in [2.75, 3.05) is 11.9 Å². The first-order chi connectivity index (χ1) is 8.56. The Labute approximate surface area is 121 Å². The van der Waals surface area contributed by atoms with E-state index in [9.17, 15) is 0 Å². The van der Waals surface area contributed by atoms with Crippen LogP contribution in [0.15, 0.2) is 40.2 Å². The summed E-state index contributed by atoms with van der Waals surface area (Å²) in [6.07, 6.45) is 0. The van der Waals surface area contributed by atoms with Crippen LogP contribution in [-0.2, 0) is 6.54 Å². The lowest BCUT2D eigenvalue weighted by molar-refractivity contribution is 0.817. The second-order valence-electron chi connectivity index (χ2n) is 4.47. The van der Waals surface area contributed by atoms with Crippen molar-refractivity contribution in [2.24, 2.45) is 5.73 Å². The average Bonchev–Trinajstić information content (AvgIpc) is 2.75. The van der Waals surface area contributed by atoms with E-state index in [4.69, 9.17) is 5.73 Å². The highest BCUT2D eigenvalue weighted by atomic mass is 79.9. The van der Waals surface area contributed by atoms with Gasteiger partial charge in [-0.1, -0.05) is 12.1 Å². The molecule has 1 heterocycles. The van der Waals surface area contributed by atoms with Crippen LogP contribution in [-0.4, -0.2) is 7.05 Å². The minimum Gasteiger partial charge on any atom is -0.369 e. The predicted molar refractivity (Wildman–Crippen MR) is 83.2 cm³/mol. The monoisotopic (exact) mass is 324 g/mol. The minimum atomic E-state index is 0.0950. The van der Waals surface area contributed by atoms with Gasteiger partial charge in [-0.25, -0.2) is 0 Å². The number of nitrogens with two attached hydrogens (primary N) is 1. The molecule has 2 nitrogen and oxygen atoms in total. The summed E-state index contributed by atoms with van der Waals surface area (Å²) in [5.41, 5.74) is 8.23. The number of rotatable bonds is 4. The van der Waals surface area contributed by atoms with Crippen LogP contribution < -0.4 is 10.6 Å². The van der Waals surface area contributed by atoms with Crippen LogP contribution in [0.25, 0.3) is 0 Å². The van der Waals surface area contributed by atoms with Gasteiger partial charge in [-0.15, -0.1) is 11.3 Å². The number of halogens is 1. The summed E-state index contributed by atoms with van der Waals surface area (Å²) in [6.45, 7) is 2.93. The van der Waals surface area contributed by atoms with E-state index in [1.165, 1.54) is 16.1 Å². The Hall–Kier alpha value is -0.840. The number of hydrogen-bond acceptors (Lipinski definition) is 3. The third-order valence-electron chi connectivity index (χ3n) is 2.87. The van der Waals surface area contributed by atoms with Crippen molar-refractivity contribution in [3.63, 3.8) is 0 Å². The molecule has 0 aliphatic carbocycles. The van der Waals surface area contributed by atoms with Gasteiger partial charge in [-0.05, 0) is 46.6 Å². The lowest BCUT2D eigenvalue weighted by Gasteiger charge is -2.19. The SMILES string of the molecule is C[C@@H](N)c1ccc(N(C)Cc2cc(Br)cs2)cc1. The number of anilines is 1. The molecule has 0 aliphatic rings. The lowest BCUT2D eigenvalue weighted by atomic mass is 10.1. The molecule has 4 heteroatoms. The second kappa shape index (κ2) is 5.87. The molecule has 18 heavy (non-hydrogen) atoms. The summed E-state index contributed by atoms with van der Waals surface area (Å²) < 4.78 is 1.16. The van der Waals surface area contributed by atoms with Crippen LogP contribution in [0, 0.1) is 0 Å². The van der Waals surface area contributed by atoms with Crippen molar-refractivity contribution in [3.8, 4) is 0 Å². The van der Waals surface area contributed by atoms with E-state index < -0.39 is 0 Å². The Bertz CT molecular complexity index is 505. The molecule has 2 rings (SSSR count). The average molecular weight is 325 g/mol. The summed E-state index contributed by atoms with van der Waals surface area (Å²) in [7, 11) is 2.11. The molecule has 1 aromatic heterocycles. The fraction of sp³-hybridized carbons (Fsp3) is 0.286. The Morgan fingerprint density at radius 1 is 1.33 bits per heavy atom. The number of hydrogen-bond donors (Lipinski definition) is 1. The Morgan fingerprint density at radius 2 is 2.00 bits per heavy atom. The zero-order valence-corrected chi connectivity index (χ0v) is 13.0. The summed E-state index contributed by atoms with van der Waals surface area (Å²) >= 11 is 5.25. The Balaban J connectivity index is 2.06. The van der Waals surface area contributed by atoms with E-state index in [0.717, 1.165) is 11.0 Å². The fourth-order valence-corrected chi connectivity index (χ4v) is 3.30. The quantitative estimate of drug-likeness (QED) is 0.914. The normalized spacial score (nSPS) is 12.4. The van der Waals surface area contributed by atoms with Gasteiger partial charge in [-0.3, -0.25) is 0 Å². The van der Waals surface area contributed by atoms with Crippen LogP contribution in [0.1, 0.15) is 23.4 Å². The second-order valence-corrected chi connectivity index (χ2v) is 6.38. The highest BCUT2D eigenvalue weighted by molar-refractivity contribution is 9.10. The molecule has 0 radical (unpaired) electrons. The van der Waals surface area contributed by atoms with E-state index in [-0.39, 0.29) is 6.04 Å². The van der Waals surface area contributed by atoms with Crippen LogP contribution in [0.5, 0.6) is 0 Å². The van der Waals surface area contributed by atoms with Crippen LogP contribution in [0.4, 0.5) is 5.69 Å². The molecule has 0 amide bonds. The third kappa shape index (κ3) is 3.34. The van der Waals surface area contributed by atoms with Gasteiger partial charge in [0, 0.05) is 33.5 Å². The van der Waals surface area contributed by atoms with Crippen LogP contribution in [0.3, 0.4) is 0 Å². The van der Waals surface area contributed by atoms with Gasteiger partial charge in [0.2, 0.25) is 0 Å². The van der Waals surface area contributed by atoms with Crippen molar-refractivity contribution in [1.29, 1.82) is 0 Å². The molecular formula is C14H17BrN2S. The maximum absolute atomic E-state index is 5.85. The molecule has 2 aromatic rings. The van der Waals surface area contributed by atoms with Crippen molar-refractivity contribution < 1.29 is 0 Å². The molecule has 0 unspecified atom stereocenters. The minimum absolute atomic E-state index is 0.0950. The summed E-state index contributed by atoms with van der Waals surface area (Å²) in [6, 6.07) is 10.7. The van der Waals surface area contributed by atoms with Gasteiger partial charge in [0.15, 0.2) is 0 Å². The summed E-state index contributed by atoms with van der Waals surface area (Å²) in [5.74, 6) is 0. The highest BCUT2D eigenvalue weighted by Gasteiger charge is 2.05. The molecule has 2 N–H and O–H groups in total. The highest BCUT2D eigenvalue weighted by Crippen LogP contribution is 2.24. The molecule has 0 saturated heterocycles. The fourth-order valence-electron chi connectivity index (χ4n) is 1.79. The predicted octanol–water partition coefficient (Wildman–Crippen LogP) is 4.17. The molecule has 0 saturated carbocycles. The maximum Gasteiger partial charge on any atom is 0.0519 e. The first-order valence-corrected chi connectivity index (χ1v) is 7.53. The van der Waals surface area contributed by atoms with Crippen molar-refractivity contribution >= 4 is 33.0 Å². The van der Waals surface area contributed by atoms with Gasteiger partial charge in [0.05, 0.1) is 6.54 Å². The smallest absolute Gasteiger partial charge is 0.0519 e. The van der Waals surface area contributed by atoms with Gasteiger partial charge in [-0.2, -0.15) is 0 Å². The lowest BCUT2D eigenvalue weighted by Crippen LogP contribution is -2.15. The van der Waals surface area contributed by atoms with E-state index >= 15 is 0 Å². The van der Waals surface area contributed by atoms with E-state index in [1.807, 2.05) is 6.92 Å². The van der Waals surface area contributed by atoms with Crippen LogP contribution >= 0.6 is 27.3 Å². The Morgan fingerprint density at radius 3 is 2.50 bits per heavy atom. The topological polar surface area (TPSA) is 29.3 Å². The first kappa shape index (κ1) is 13.6. The van der Waals surface area contributed by atoms with Gasteiger partial charge in [0.25, 0.3) is 0 Å². The zero-order valence-electron chi connectivity index (χ0n) is 10.6. The standard InChI is InChI=1S/C14H17BrN2S/c1-10(16)11-3-5-13(6-4-11)17(2)8-14-7-12(15)9-18-14/h3-7,9-10H,8,16H2,1-2H3/t10-/m1/s1. The molecule has 0 fully saturated rings. The van der Waals surface area contributed by atoms with Gasteiger partial charge < -0.3 is 10.6 Å². The van der Waals surface area contributed by atoms with Crippen molar-refractivity contribution in [2.45, 2.75) is 19.5 Å². The van der Waals surface area contributed by atoms with Crippen molar-refractivity contribution in [3.05, 3.63) is 50.6 Å². The molecule has 96 valence electrons. The van der Waals surface area contributed by atoms with Crippen molar-refractivity contribution in [1.82, 2.24) is 0 Å². The molecule has 1 aromatic carbocycles. The summed E-state index contributed by atoms with van der Waals surface area (Å²) in [5, 5.41) is 2.11. The van der Waals surface area contributed by atoms with Gasteiger partial charge >= 0.3 is 0 Å². The molecule has 0 spiro atoms. The molecule has 0 aliphatic heterocycles. The third-order valence-corrected chi connectivity index (χ3v) is 4.56. The van der Waals surface area contributed by atoms with Gasteiger partial charge in [0.1, 0.15) is 0 Å². The number of benzene rings is 1. The summed E-state index contributed by atoms with van der Waals surface area (Å²) in [4.78, 5) is 3.59. The number of thiophene rings is 1. The molecule has 0 bridgehead atoms. The van der Waals surface area contributed by atoms with E-state index in [2.05, 4.69) is 63.6 Å². The van der Waals surface area contributed by atoms with Crippen LogP contribution in [0.2, 0.25) is 0 Å².